The molecule has 1 N–H and O–H groups in total. The van der Waals surface area contributed by atoms with Crippen LogP contribution in [0.15, 0.2) is 46.4 Å². The van der Waals surface area contributed by atoms with Crippen molar-refractivity contribution in [2.75, 3.05) is 19.5 Å². The molecule has 1 aromatic heterocycles. The van der Waals surface area contributed by atoms with Gasteiger partial charge in [0.15, 0.2) is 11.5 Å². The van der Waals surface area contributed by atoms with Crippen LogP contribution < -0.4 is 19.5 Å². The van der Waals surface area contributed by atoms with Gasteiger partial charge in [-0.05, 0) is 48.4 Å². The van der Waals surface area contributed by atoms with Gasteiger partial charge in [0.05, 0.1) is 14.2 Å². The second-order valence-electron chi connectivity index (χ2n) is 6.63. The minimum atomic E-state index is -0.557. The van der Waals surface area contributed by atoms with Crippen LogP contribution in [0, 0.1) is 11.3 Å². The fraction of sp³-hybridized carbons (Fsp3) is 0.217. The predicted molar refractivity (Wildman–Crippen MR) is 130 cm³/mol. The molecule has 0 aliphatic rings. The van der Waals surface area contributed by atoms with E-state index in [2.05, 4.69) is 31.4 Å². The van der Waals surface area contributed by atoms with Crippen molar-refractivity contribution in [3.63, 3.8) is 0 Å². The van der Waals surface area contributed by atoms with Gasteiger partial charge in [-0.1, -0.05) is 40.3 Å². The molecule has 0 aliphatic heterocycles. The van der Waals surface area contributed by atoms with Gasteiger partial charge >= 0.3 is 0 Å². The molecular weight excluding hydrogens is 508 g/mol. The lowest BCUT2D eigenvalue weighted by molar-refractivity contribution is -0.112. The highest BCUT2D eigenvalue weighted by molar-refractivity contribution is 9.10. The van der Waals surface area contributed by atoms with Gasteiger partial charge in [0.1, 0.15) is 29.0 Å². The Labute approximate surface area is 204 Å². The number of ether oxygens (including phenoxy) is 3. The molecule has 10 heteroatoms. The van der Waals surface area contributed by atoms with Crippen molar-refractivity contribution < 1.29 is 19.0 Å². The van der Waals surface area contributed by atoms with E-state index in [1.807, 2.05) is 31.2 Å². The van der Waals surface area contributed by atoms with Gasteiger partial charge in [-0.15, -0.1) is 10.2 Å². The third-order valence-corrected chi connectivity index (χ3v) is 6.25. The number of hydrogen-bond donors (Lipinski definition) is 1. The summed E-state index contributed by atoms with van der Waals surface area (Å²) in [7, 11) is 3.13. The molecule has 0 saturated heterocycles. The summed E-state index contributed by atoms with van der Waals surface area (Å²) >= 11 is 4.78. The minimum Gasteiger partial charge on any atom is -0.497 e. The smallest absolute Gasteiger partial charge is 0.268 e. The Kier molecular flexibility index (Phi) is 8.40. The van der Waals surface area contributed by atoms with Crippen molar-refractivity contribution in [1.29, 1.82) is 5.26 Å². The van der Waals surface area contributed by atoms with Crippen molar-refractivity contribution in [3.05, 3.63) is 62.6 Å². The van der Waals surface area contributed by atoms with E-state index in [0.717, 1.165) is 27.2 Å². The topological polar surface area (TPSA) is 106 Å². The van der Waals surface area contributed by atoms with E-state index < -0.39 is 5.91 Å². The zero-order valence-electron chi connectivity index (χ0n) is 18.2. The van der Waals surface area contributed by atoms with Crippen LogP contribution in [-0.4, -0.2) is 30.3 Å². The molecule has 0 bridgehead atoms. The van der Waals surface area contributed by atoms with Gasteiger partial charge in [-0.25, -0.2) is 0 Å². The highest BCUT2D eigenvalue weighted by atomic mass is 79.9. The third kappa shape index (κ3) is 6.31. The molecular formula is C23H21BrN4O4S. The van der Waals surface area contributed by atoms with E-state index in [1.165, 1.54) is 24.5 Å². The average molecular weight is 529 g/mol. The second kappa shape index (κ2) is 11.4. The van der Waals surface area contributed by atoms with Crippen molar-refractivity contribution in [1.82, 2.24) is 10.2 Å². The Balaban J connectivity index is 1.75. The van der Waals surface area contributed by atoms with Crippen LogP contribution >= 0.6 is 27.3 Å². The van der Waals surface area contributed by atoms with Crippen molar-refractivity contribution in [2.45, 2.75) is 20.0 Å². The first-order valence-corrected chi connectivity index (χ1v) is 11.5. The summed E-state index contributed by atoms with van der Waals surface area (Å²) in [5, 5.41) is 21.1. The molecule has 0 atom stereocenters. The van der Waals surface area contributed by atoms with E-state index in [-0.39, 0.29) is 12.2 Å². The molecule has 1 amide bonds. The molecule has 0 radical (unpaired) electrons. The normalized spacial score (nSPS) is 10.9. The summed E-state index contributed by atoms with van der Waals surface area (Å²) in [5.74, 6) is 1.16. The lowest BCUT2D eigenvalue weighted by atomic mass is 10.1. The van der Waals surface area contributed by atoms with Crippen molar-refractivity contribution in [2.24, 2.45) is 0 Å². The molecule has 0 spiro atoms. The first-order valence-electron chi connectivity index (χ1n) is 9.86. The predicted octanol–water partition coefficient (Wildman–Crippen LogP) is 5.00. The summed E-state index contributed by atoms with van der Waals surface area (Å²) in [6.45, 7) is 2.24. The van der Waals surface area contributed by atoms with Crippen LogP contribution in [0.25, 0.3) is 6.08 Å². The highest BCUT2D eigenvalue weighted by Crippen LogP contribution is 2.31. The molecule has 8 nitrogen and oxygen atoms in total. The zero-order chi connectivity index (χ0) is 23.8. The number of methoxy groups -OCH3 is 2. The highest BCUT2D eigenvalue weighted by Gasteiger charge is 2.14. The summed E-state index contributed by atoms with van der Waals surface area (Å²) < 4.78 is 17.5. The van der Waals surface area contributed by atoms with Crippen LogP contribution in [0.1, 0.15) is 23.1 Å². The number of rotatable bonds is 9. The number of nitriles is 1. The molecule has 0 unspecified atom stereocenters. The van der Waals surface area contributed by atoms with Gasteiger partial charge in [0.25, 0.3) is 5.91 Å². The van der Waals surface area contributed by atoms with Gasteiger partial charge in [0, 0.05) is 10.0 Å². The molecule has 3 aromatic rings. The second-order valence-corrected chi connectivity index (χ2v) is 8.55. The molecule has 170 valence electrons. The number of aromatic nitrogens is 2. The van der Waals surface area contributed by atoms with E-state index in [1.54, 1.807) is 25.3 Å². The maximum atomic E-state index is 12.5. The quantitative estimate of drug-likeness (QED) is 0.307. The molecule has 0 saturated carbocycles. The van der Waals surface area contributed by atoms with Crippen LogP contribution in [0.2, 0.25) is 0 Å². The molecule has 1 heterocycles. The number of hydrogen-bond acceptors (Lipinski definition) is 8. The van der Waals surface area contributed by atoms with Crippen LogP contribution in [-0.2, 0) is 17.8 Å². The maximum Gasteiger partial charge on any atom is 0.268 e. The molecule has 2 aromatic carbocycles. The van der Waals surface area contributed by atoms with Crippen molar-refractivity contribution in [3.8, 4) is 23.3 Å². The van der Waals surface area contributed by atoms with Gasteiger partial charge in [-0.3, -0.25) is 10.1 Å². The summed E-state index contributed by atoms with van der Waals surface area (Å²) in [6, 6.07) is 12.7. The number of anilines is 1. The van der Waals surface area contributed by atoms with Crippen LogP contribution in [0.4, 0.5) is 5.13 Å². The van der Waals surface area contributed by atoms with Crippen molar-refractivity contribution >= 4 is 44.4 Å². The van der Waals surface area contributed by atoms with Crippen LogP contribution in [0.5, 0.6) is 17.2 Å². The van der Waals surface area contributed by atoms with Gasteiger partial charge in [-0.2, -0.15) is 5.26 Å². The zero-order valence-corrected chi connectivity index (χ0v) is 20.6. The van der Waals surface area contributed by atoms with E-state index in [9.17, 15) is 10.1 Å². The fourth-order valence-corrected chi connectivity index (χ4v) is 3.80. The number of benzene rings is 2. The van der Waals surface area contributed by atoms with E-state index in [0.29, 0.717) is 22.2 Å². The number of halogens is 1. The minimum absolute atomic E-state index is 0.0701. The van der Waals surface area contributed by atoms with E-state index >= 15 is 0 Å². The number of aryl methyl sites for hydroxylation is 1. The largest absolute Gasteiger partial charge is 0.497 e. The number of carbonyl (C=O) groups is 1. The molecule has 3 rings (SSSR count). The first-order chi connectivity index (χ1) is 16.0. The molecule has 0 aliphatic carbocycles. The monoisotopic (exact) mass is 528 g/mol. The van der Waals surface area contributed by atoms with Gasteiger partial charge in [0.2, 0.25) is 5.13 Å². The number of nitrogens with one attached hydrogen (secondary N) is 1. The van der Waals surface area contributed by atoms with E-state index in [4.69, 9.17) is 14.2 Å². The maximum absolute atomic E-state index is 12.5. The Morgan fingerprint density at radius 1 is 1.18 bits per heavy atom. The fourth-order valence-electron chi connectivity index (χ4n) is 2.76. The molecule has 0 fully saturated rings. The Morgan fingerprint density at radius 2 is 2.00 bits per heavy atom. The summed E-state index contributed by atoms with van der Waals surface area (Å²) in [5.41, 5.74) is 1.45. The first kappa shape index (κ1) is 24.2. The Morgan fingerprint density at radius 3 is 2.67 bits per heavy atom. The lowest BCUT2D eigenvalue weighted by Gasteiger charge is -2.13. The van der Waals surface area contributed by atoms with Gasteiger partial charge < -0.3 is 14.2 Å². The lowest BCUT2D eigenvalue weighted by Crippen LogP contribution is -2.13. The number of amides is 1. The molecule has 33 heavy (non-hydrogen) atoms. The SMILES string of the molecule is CCc1nnc(NC(=O)C(C#N)=Cc2ccc(OCc3cc(OC)ccc3Br)c(OC)c2)s1. The van der Waals surface area contributed by atoms with Crippen LogP contribution in [0.3, 0.4) is 0 Å². The number of nitrogens with zero attached hydrogens (tertiary/aromatic N) is 3. The standard InChI is InChI=1S/C23H21BrN4O4S/c1-4-21-27-28-23(33-21)26-22(29)15(12-25)9-14-5-8-19(20(10-14)31-3)32-13-16-11-17(30-2)6-7-18(16)24/h5-11H,4,13H2,1-3H3,(H,26,28,29). The third-order valence-electron chi connectivity index (χ3n) is 4.49. The average Bonchev–Trinajstić information content (AvgIpc) is 3.29. The Bertz CT molecular complexity index is 1220. The summed E-state index contributed by atoms with van der Waals surface area (Å²) in [6.07, 6.45) is 2.19. The summed E-state index contributed by atoms with van der Waals surface area (Å²) in [4.78, 5) is 12.5. The number of carbonyl (C=O) groups excluding carboxylic acids is 1. The Hall–Kier alpha value is -3.42.